The van der Waals surface area contributed by atoms with Gasteiger partial charge in [-0.15, -0.1) is 0 Å². The van der Waals surface area contributed by atoms with Crippen LogP contribution in [0.2, 0.25) is 0 Å². The largest absolute Gasteiger partial charge is 0.478 e. The van der Waals surface area contributed by atoms with Gasteiger partial charge in [-0.3, -0.25) is 4.90 Å². The van der Waals surface area contributed by atoms with E-state index in [1.54, 1.807) is 30.1 Å². The monoisotopic (exact) mass is 263 g/mol. The SMILES string of the molecule is CN(C(=O)N1CCNCC1)c1ccccc1C(=O)O. The van der Waals surface area contributed by atoms with Crippen molar-refractivity contribution in [2.45, 2.75) is 0 Å². The summed E-state index contributed by atoms with van der Waals surface area (Å²) >= 11 is 0. The fraction of sp³-hybridized carbons (Fsp3) is 0.385. The summed E-state index contributed by atoms with van der Waals surface area (Å²) in [5.74, 6) is -1.03. The van der Waals surface area contributed by atoms with Gasteiger partial charge in [0.2, 0.25) is 0 Å². The van der Waals surface area contributed by atoms with E-state index in [9.17, 15) is 9.59 Å². The third-order valence-corrected chi connectivity index (χ3v) is 3.17. The molecule has 0 saturated carbocycles. The van der Waals surface area contributed by atoms with Crippen molar-refractivity contribution in [3.63, 3.8) is 0 Å². The van der Waals surface area contributed by atoms with Gasteiger partial charge in [0, 0.05) is 33.2 Å². The molecule has 19 heavy (non-hydrogen) atoms. The maximum Gasteiger partial charge on any atom is 0.337 e. The predicted molar refractivity (Wildman–Crippen MR) is 71.6 cm³/mol. The molecule has 2 rings (SSSR count). The van der Waals surface area contributed by atoms with Crippen molar-refractivity contribution in [3.8, 4) is 0 Å². The normalized spacial score (nSPS) is 15.1. The molecule has 102 valence electrons. The lowest BCUT2D eigenvalue weighted by Gasteiger charge is -2.31. The molecule has 1 fully saturated rings. The molecule has 6 heteroatoms. The van der Waals surface area contributed by atoms with E-state index in [1.807, 2.05) is 0 Å². The van der Waals surface area contributed by atoms with Gasteiger partial charge >= 0.3 is 12.0 Å². The van der Waals surface area contributed by atoms with Crippen molar-refractivity contribution in [2.75, 3.05) is 38.1 Å². The van der Waals surface area contributed by atoms with E-state index in [2.05, 4.69) is 5.32 Å². The molecule has 0 unspecified atom stereocenters. The Morgan fingerprint density at radius 2 is 1.89 bits per heavy atom. The number of carbonyl (C=O) groups is 2. The molecule has 1 aliphatic rings. The number of aromatic carboxylic acids is 1. The summed E-state index contributed by atoms with van der Waals surface area (Å²) in [5.41, 5.74) is 0.548. The second-order valence-electron chi connectivity index (χ2n) is 4.40. The first-order valence-corrected chi connectivity index (χ1v) is 6.17. The van der Waals surface area contributed by atoms with E-state index in [0.717, 1.165) is 13.1 Å². The first kappa shape index (κ1) is 13.4. The molecule has 0 bridgehead atoms. The third-order valence-electron chi connectivity index (χ3n) is 3.17. The highest BCUT2D eigenvalue weighted by Crippen LogP contribution is 2.20. The van der Waals surface area contributed by atoms with Crippen LogP contribution in [0.25, 0.3) is 0 Å². The van der Waals surface area contributed by atoms with E-state index in [1.165, 1.54) is 11.0 Å². The van der Waals surface area contributed by atoms with Crippen molar-refractivity contribution in [3.05, 3.63) is 29.8 Å². The number of benzene rings is 1. The molecule has 0 aromatic heterocycles. The molecule has 0 atom stereocenters. The number of piperazine rings is 1. The zero-order valence-corrected chi connectivity index (χ0v) is 10.8. The van der Waals surface area contributed by atoms with Crippen LogP contribution in [0.4, 0.5) is 10.5 Å². The molecule has 0 radical (unpaired) electrons. The summed E-state index contributed by atoms with van der Waals surface area (Å²) in [7, 11) is 1.60. The van der Waals surface area contributed by atoms with Crippen LogP contribution >= 0.6 is 0 Å². The summed E-state index contributed by atoms with van der Waals surface area (Å²) in [6.07, 6.45) is 0. The fourth-order valence-corrected chi connectivity index (χ4v) is 2.12. The summed E-state index contributed by atoms with van der Waals surface area (Å²) in [6, 6.07) is 6.34. The molecule has 2 amide bonds. The second-order valence-corrected chi connectivity index (χ2v) is 4.40. The van der Waals surface area contributed by atoms with Crippen molar-refractivity contribution in [2.24, 2.45) is 0 Å². The molecule has 1 aromatic rings. The van der Waals surface area contributed by atoms with E-state index < -0.39 is 5.97 Å². The maximum absolute atomic E-state index is 12.3. The van der Waals surface area contributed by atoms with Crippen LogP contribution in [-0.2, 0) is 0 Å². The molecule has 6 nitrogen and oxygen atoms in total. The zero-order valence-electron chi connectivity index (χ0n) is 10.8. The van der Waals surface area contributed by atoms with Crippen LogP contribution in [-0.4, -0.2) is 55.2 Å². The van der Waals surface area contributed by atoms with Gasteiger partial charge in [0.05, 0.1) is 11.3 Å². The molecule has 1 saturated heterocycles. The van der Waals surface area contributed by atoms with Crippen LogP contribution in [0.15, 0.2) is 24.3 Å². The van der Waals surface area contributed by atoms with Crippen LogP contribution in [0.3, 0.4) is 0 Å². The summed E-state index contributed by atoms with van der Waals surface area (Å²) < 4.78 is 0. The lowest BCUT2D eigenvalue weighted by Crippen LogP contribution is -2.50. The van der Waals surface area contributed by atoms with Crippen molar-refractivity contribution in [1.29, 1.82) is 0 Å². The lowest BCUT2D eigenvalue weighted by molar-refractivity contribution is 0.0697. The lowest BCUT2D eigenvalue weighted by atomic mass is 10.1. The Labute approximate surface area is 111 Å². The minimum atomic E-state index is -1.03. The Hall–Kier alpha value is -2.08. The highest BCUT2D eigenvalue weighted by atomic mass is 16.4. The minimum Gasteiger partial charge on any atom is -0.478 e. The van der Waals surface area contributed by atoms with E-state index in [0.29, 0.717) is 18.8 Å². The van der Waals surface area contributed by atoms with Crippen LogP contribution in [0.1, 0.15) is 10.4 Å². The average Bonchev–Trinajstić information content (AvgIpc) is 2.46. The number of nitrogens with one attached hydrogen (secondary N) is 1. The quantitative estimate of drug-likeness (QED) is 0.829. The van der Waals surface area contributed by atoms with Gasteiger partial charge in [-0.2, -0.15) is 0 Å². The highest BCUT2D eigenvalue weighted by molar-refractivity contribution is 6.01. The zero-order chi connectivity index (χ0) is 13.8. The first-order chi connectivity index (χ1) is 9.11. The standard InChI is InChI=1S/C13H17N3O3/c1-15(13(19)16-8-6-14-7-9-16)11-5-3-2-4-10(11)12(17)18/h2-5,14H,6-9H2,1H3,(H,17,18). The number of rotatable bonds is 2. The Kier molecular flexibility index (Phi) is 4.01. The highest BCUT2D eigenvalue weighted by Gasteiger charge is 2.23. The van der Waals surface area contributed by atoms with Crippen LogP contribution < -0.4 is 10.2 Å². The smallest absolute Gasteiger partial charge is 0.337 e. The second kappa shape index (κ2) is 5.71. The van der Waals surface area contributed by atoms with Gasteiger partial charge in [0.15, 0.2) is 0 Å². The van der Waals surface area contributed by atoms with Crippen LogP contribution in [0, 0.1) is 0 Å². The van der Waals surface area contributed by atoms with Gasteiger partial charge < -0.3 is 15.3 Å². The predicted octanol–water partition coefficient (Wildman–Crippen LogP) is 0.846. The Morgan fingerprint density at radius 1 is 1.26 bits per heavy atom. The molecule has 1 aliphatic heterocycles. The first-order valence-electron chi connectivity index (χ1n) is 6.17. The summed E-state index contributed by atoms with van der Waals surface area (Å²) in [6.45, 7) is 2.80. The van der Waals surface area contributed by atoms with Crippen molar-refractivity contribution in [1.82, 2.24) is 10.2 Å². The molecule has 2 N–H and O–H groups in total. The van der Waals surface area contributed by atoms with E-state index in [-0.39, 0.29) is 11.6 Å². The number of carboxylic acid groups (broad SMARTS) is 1. The molecule has 0 spiro atoms. The fourth-order valence-electron chi connectivity index (χ4n) is 2.12. The van der Waals surface area contributed by atoms with Gasteiger partial charge in [0.25, 0.3) is 0 Å². The molecular formula is C13H17N3O3. The van der Waals surface area contributed by atoms with Crippen molar-refractivity contribution < 1.29 is 14.7 Å². The number of urea groups is 1. The van der Waals surface area contributed by atoms with E-state index >= 15 is 0 Å². The van der Waals surface area contributed by atoms with Gasteiger partial charge in [-0.05, 0) is 12.1 Å². The topological polar surface area (TPSA) is 72.9 Å². The number of anilines is 1. The number of amides is 2. The number of carbonyl (C=O) groups excluding carboxylic acids is 1. The molecule has 0 aliphatic carbocycles. The summed E-state index contributed by atoms with van der Waals surface area (Å²) in [5, 5.41) is 12.3. The summed E-state index contributed by atoms with van der Waals surface area (Å²) in [4.78, 5) is 26.6. The number of para-hydroxylation sites is 1. The molecule has 1 heterocycles. The minimum absolute atomic E-state index is 0.133. The number of nitrogens with zero attached hydrogens (tertiary/aromatic N) is 2. The number of hydrogen-bond donors (Lipinski definition) is 2. The van der Waals surface area contributed by atoms with Crippen LogP contribution in [0.5, 0.6) is 0 Å². The number of carboxylic acids is 1. The molecule has 1 aromatic carbocycles. The van der Waals surface area contributed by atoms with Gasteiger partial charge in [-0.1, -0.05) is 12.1 Å². The van der Waals surface area contributed by atoms with E-state index in [4.69, 9.17) is 5.11 Å². The Morgan fingerprint density at radius 3 is 2.53 bits per heavy atom. The molecular weight excluding hydrogens is 246 g/mol. The Balaban J connectivity index is 2.21. The van der Waals surface area contributed by atoms with Gasteiger partial charge in [0.1, 0.15) is 0 Å². The third kappa shape index (κ3) is 2.85. The van der Waals surface area contributed by atoms with Gasteiger partial charge in [-0.25, -0.2) is 9.59 Å². The number of hydrogen-bond acceptors (Lipinski definition) is 3. The average molecular weight is 263 g/mol. The van der Waals surface area contributed by atoms with Crippen molar-refractivity contribution >= 4 is 17.7 Å². The Bertz CT molecular complexity index is 484. The maximum atomic E-state index is 12.3.